The number of fused-ring (bicyclic) bond motifs is 2. The molecule has 2 aromatic heterocycles. The van der Waals surface area contributed by atoms with Crippen LogP contribution in [0.4, 0.5) is 0 Å². The van der Waals surface area contributed by atoms with Crippen molar-refractivity contribution in [3.8, 4) is 28.7 Å². The number of piperidine rings is 1. The maximum absolute atomic E-state index is 10.4. The van der Waals surface area contributed by atoms with Crippen LogP contribution in [-0.4, -0.2) is 47.0 Å². The van der Waals surface area contributed by atoms with E-state index in [9.17, 15) is 5.11 Å². The summed E-state index contributed by atoms with van der Waals surface area (Å²) in [6, 6.07) is 5.29. The lowest BCUT2D eigenvalue weighted by atomic mass is 9.86. The predicted octanol–water partition coefficient (Wildman–Crippen LogP) is 2.87. The summed E-state index contributed by atoms with van der Waals surface area (Å²) in [5.41, 5.74) is 1.58. The van der Waals surface area contributed by atoms with E-state index in [1.54, 1.807) is 30.9 Å². The fourth-order valence-electron chi connectivity index (χ4n) is 4.77. The molecule has 2 bridgehead atoms. The van der Waals surface area contributed by atoms with Crippen LogP contribution < -0.4 is 10.1 Å². The zero-order valence-corrected chi connectivity index (χ0v) is 16.5. The van der Waals surface area contributed by atoms with Gasteiger partial charge < -0.3 is 19.7 Å². The highest BCUT2D eigenvalue weighted by Crippen LogP contribution is 2.42. The Balaban J connectivity index is 1.32. The minimum absolute atomic E-state index is 0.0856. The largest absolute Gasteiger partial charge is 0.507 e. The molecule has 3 aromatic rings. The number of nitrogens with zero attached hydrogens (tertiary/aromatic N) is 5. The summed E-state index contributed by atoms with van der Waals surface area (Å²) in [6.07, 6.45) is 11.1. The Kier molecular flexibility index (Phi) is 4.06. The summed E-state index contributed by atoms with van der Waals surface area (Å²) < 4.78 is 7.92. The summed E-state index contributed by atoms with van der Waals surface area (Å²) >= 11 is 0. The van der Waals surface area contributed by atoms with Crippen LogP contribution in [0, 0.1) is 0 Å². The van der Waals surface area contributed by atoms with Crippen molar-refractivity contribution in [2.75, 3.05) is 0 Å². The first-order chi connectivity index (χ1) is 13.9. The van der Waals surface area contributed by atoms with Gasteiger partial charge in [0.25, 0.3) is 5.88 Å². The number of imidazole rings is 1. The van der Waals surface area contributed by atoms with E-state index >= 15 is 0 Å². The number of phenols is 1. The molecule has 2 saturated heterocycles. The highest BCUT2D eigenvalue weighted by Gasteiger charge is 2.49. The average Bonchev–Trinajstić information content (AvgIpc) is 3.28. The Labute approximate surface area is 169 Å². The van der Waals surface area contributed by atoms with Gasteiger partial charge in [0.2, 0.25) is 0 Å². The van der Waals surface area contributed by atoms with Crippen molar-refractivity contribution in [2.45, 2.75) is 56.7 Å². The van der Waals surface area contributed by atoms with E-state index < -0.39 is 0 Å². The monoisotopic (exact) mass is 392 g/mol. The van der Waals surface area contributed by atoms with Crippen molar-refractivity contribution in [1.82, 2.24) is 30.0 Å². The second kappa shape index (κ2) is 6.52. The first-order valence-electron chi connectivity index (χ1n) is 9.89. The van der Waals surface area contributed by atoms with Gasteiger partial charge in [-0.3, -0.25) is 0 Å². The molecule has 150 valence electrons. The molecule has 4 heterocycles. The zero-order chi connectivity index (χ0) is 20.1. The fourth-order valence-corrected chi connectivity index (χ4v) is 4.77. The van der Waals surface area contributed by atoms with E-state index in [1.807, 2.05) is 16.8 Å². The molecular formula is C21H24N6O2. The maximum Gasteiger partial charge on any atom is 0.252 e. The first-order valence-corrected chi connectivity index (χ1v) is 9.89. The number of nitrogens with one attached hydrogen (secondary N) is 1. The number of ether oxygens (including phenoxy) is 1. The summed E-state index contributed by atoms with van der Waals surface area (Å²) in [7, 11) is 0. The molecule has 5 rings (SSSR count). The van der Waals surface area contributed by atoms with E-state index in [4.69, 9.17) is 4.74 Å². The molecule has 8 nitrogen and oxygen atoms in total. The van der Waals surface area contributed by atoms with Crippen LogP contribution in [0.1, 0.15) is 39.5 Å². The third kappa shape index (κ3) is 3.44. The molecule has 0 saturated carbocycles. The van der Waals surface area contributed by atoms with Crippen molar-refractivity contribution in [3.63, 3.8) is 0 Å². The minimum Gasteiger partial charge on any atom is -0.507 e. The van der Waals surface area contributed by atoms with Gasteiger partial charge in [0.1, 0.15) is 11.9 Å². The van der Waals surface area contributed by atoms with Gasteiger partial charge in [0.15, 0.2) is 5.82 Å². The van der Waals surface area contributed by atoms with Gasteiger partial charge in [-0.05, 0) is 38.8 Å². The third-order valence-corrected chi connectivity index (χ3v) is 6.04. The molecule has 2 unspecified atom stereocenters. The molecule has 0 aliphatic carbocycles. The summed E-state index contributed by atoms with van der Waals surface area (Å²) in [5.74, 6) is 0.862. The van der Waals surface area contributed by atoms with Crippen molar-refractivity contribution in [1.29, 1.82) is 0 Å². The number of hydrogen-bond donors (Lipinski definition) is 2. The van der Waals surface area contributed by atoms with Crippen LogP contribution in [0.5, 0.6) is 11.6 Å². The molecule has 0 amide bonds. The predicted molar refractivity (Wildman–Crippen MR) is 107 cm³/mol. The summed E-state index contributed by atoms with van der Waals surface area (Å²) in [4.78, 5) is 8.38. The van der Waals surface area contributed by atoms with Crippen molar-refractivity contribution >= 4 is 0 Å². The second-order valence-electron chi connectivity index (χ2n) is 8.69. The normalized spacial score (nSPS) is 28.4. The Bertz CT molecular complexity index is 1000. The van der Waals surface area contributed by atoms with E-state index in [0.717, 1.165) is 18.5 Å². The number of aromatic hydroxyl groups is 1. The highest BCUT2D eigenvalue weighted by atomic mass is 16.5. The Morgan fingerprint density at radius 2 is 1.97 bits per heavy atom. The van der Waals surface area contributed by atoms with Crippen LogP contribution in [0.3, 0.4) is 0 Å². The number of benzene rings is 1. The SMILES string of the molecule is CC12CCC(C)(CC(Oc3cnc(-c4ccc(-n5ccnc5)cc4O)nn3)C1)N2. The average molecular weight is 392 g/mol. The van der Waals surface area contributed by atoms with Gasteiger partial charge in [-0.25, -0.2) is 9.97 Å². The molecule has 2 aliphatic heterocycles. The molecule has 1 aromatic carbocycles. The van der Waals surface area contributed by atoms with E-state index in [-0.39, 0.29) is 22.9 Å². The van der Waals surface area contributed by atoms with Crippen molar-refractivity contribution in [3.05, 3.63) is 43.1 Å². The molecule has 2 fully saturated rings. The highest BCUT2D eigenvalue weighted by molar-refractivity contribution is 5.65. The number of aromatic nitrogens is 5. The molecule has 2 atom stereocenters. The topological polar surface area (TPSA) is 98.0 Å². The number of rotatable bonds is 4. The Morgan fingerprint density at radius 3 is 2.59 bits per heavy atom. The van der Waals surface area contributed by atoms with Gasteiger partial charge in [0, 0.05) is 42.4 Å². The van der Waals surface area contributed by atoms with Gasteiger partial charge >= 0.3 is 0 Å². The number of phenolic OH excluding ortho intramolecular Hbond substituents is 1. The molecule has 2 N–H and O–H groups in total. The molecule has 2 aliphatic rings. The maximum atomic E-state index is 10.4. The van der Waals surface area contributed by atoms with Gasteiger partial charge in [-0.1, -0.05) is 0 Å². The molecule has 8 heteroatoms. The van der Waals surface area contributed by atoms with Gasteiger partial charge in [-0.2, -0.15) is 0 Å². The van der Waals surface area contributed by atoms with E-state index in [2.05, 4.69) is 39.3 Å². The lowest BCUT2D eigenvalue weighted by Gasteiger charge is -2.41. The minimum atomic E-state index is 0.0856. The van der Waals surface area contributed by atoms with Crippen LogP contribution >= 0.6 is 0 Å². The van der Waals surface area contributed by atoms with Crippen molar-refractivity contribution in [2.24, 2.45) is 0 Å². The Hall–Kier alpha value is -3.00. The second-order valence-corrected chi connectivity index (χ2v) is 8.69. The van der Waals surface area contributed by atoms with Crippen molar-refractivity contribution < 1.29 is 9.84 Å². The molecular weight excluding hydrogens is 368 g/mol. The van der Waals surface area contributed by atoms with Gasteiger partial charge in [0.05, 0.1) is 23.8 Å². The smallest absolute Gasteiger partial charge is 0.252 e. The first kappa shape index (κ1) is 18.1. The number of hydrogen-bond acceptors (Lipinski definition) is 7. The van der Waals surface area contributed by atoms with Crippen LogP contribution in [0.2, 0.25) is 0 Å². The lowest BCUT2D eigenvalue weighted by Crippen LogP contribution is -2.56. The third-order valence-electron chi connectivity index (χ3n) is 6.04. The van der Waals surface area contributed by atoms with Gasteiger partial charge in [-0.15, -0.1) is 10.2 Å². The van der Waals surface area contributed by atoms with Crippen LogP contribution in [0.15, 0.2) is 43.1 Å². The molecule has 0 spiro atoms. The fraction of sp³-hybridized carbons (Fsp3) is 0.429. The summed E-state index contributed by atoms with van der Waals surface area (Å²) in [6.45, 7) is 4.52. The zero-order valence-electron chi connectivity index (χ0n) is 16.5. The standard InChI is InChI=1S/C21H24N6O2/c1-20-5-6-21(2,26-20)11-15(10-20)29-18-12-23-19(25-24-18)16-4-3-14(9-17(16)28)27-8-7-22-13-27/h3-4,7-9,12-13,15,26,28H,5-6,10-11H2,1-2H3. The summed E-state index contributed by atoms with van der Waals surface area (Å²) in [5, 5.41) is 22.5. The molecule has 29 heavy (non-hydrogen) atoms. The van der Waals surface area contributed by atoms with Crippen LogP contribution in [-0.2, 0) is 0 Å². The lowest BCUT2D eigenvalue weighted by molar-refractivity contribution is 0.0750. The van der Waals surface area contributed by atoms with E-state index in [0.29, 0.717) is 17.3 Å². The van der Waals surface area contributed by atoms with E-state index in [1.165, 1.54) is 12.8 Å². The quantitative estimate of drug-likeness (QED) is 0.704. The van der Waals surface area contributed by atoms with Crippen LogP contribution in [0.25, 0.3) is 17.1 Å². The Morgan fingerprint density at radius 1 is 1.17 bits per heavy atom. The molecule has 0 radical (unpaired) electrons.